The number of benzene rings is 3. The van der Waals surface area contributed by atoms with Gasteiger partial charge in [0.2, 0.25) is 5.91 Å². The van der Waals surface area contributed by atoms with Gasteiger partial charge in [-0.2, -0.15) is 0 Å². The summed E-state index contributed by atoms with van der Waals surface area (Å²) < 4.78 is 0.865. The lowest BCUT2D eigenvalue weighted by molar-refractivity contribution is -0.115. The van der Waals surface area contributed by atoms with Gasteiger partial charge >= 0.3 is 0 Å². The van der Waals surface area contributed by atoms with Crippen LogP contribution in [-0.2, 0) is 4.79 Å². The molecule has 1 amide bonds. The zero-order chi connectivity index (χ0) is 20.1. The summed E-state index contributed by atoms with van der Waals surface area (Å²) in [6.07, 6.45) is 0. The number of carbonyl (C=O) groups excluding carboxylic acids is 1. The summed E-state index contributed by atoms with van der Waals surface area (Å²) in [4.78, 5) is 19.5. The lowest BCUT2D eigenvalue weighted by Gasteiger charge is -2.22. The largest absolute Gasteiger partial charge is 0.280 e. The standard InChI is InChI=1S/C23H17ClN2OS2/c24-18-13-11-17(12-14-18)21-15-28-23(25-21)29-16-22(27)26(19-7-3-1-4-8-19)20-9-5-2-6-10-20/h1-15H,16H2. The highest BCUT2D eigenvalue weighted by Gasteiger charge is 2.18. The molecular weight excluding hydrogens is 420 g/mol. The average molecular weight is 437 g/mol. The summed E-state index contributed by atoms with van der Waals surface area (Å²) in [5, 5.41) is 2.70. The van der Waals surface area contributed by atoms with Crippen LogP contribution in [0.2, 0.25) is 5.02 Å². The van der Waals surface area contributed by atoms with Crippen molar-refractivity contribution in [3.8, 4) is 11.3 Å². The third kappa shape index (κ3) is 4.88. The molecule has 0 spiro atoms. The number of amides is 1. The number of anilines is 2. The van der Waals surface area contributed by atoms with E-state index >= 15 is 0 Å². The molecule has 0 saturated carbocycles. The van der Waals surface area contributed by atoms with E-state index in [4.69, 9.17) is 11.6 Å². The molecule has 4 aromatic rings. The van der Waals surface area contributed by atoms with Crippen LogP contribution < -0.4 is 4.90 Å². The number of rotatable bonds is 6. The Bertz CT molecular complexity index is 1040. The molecule has 144 valence electrons. The van der Waals surface area contributed by atoms with Crippen LogP contribution in [0.5, 0.6) is 0 Å². The summed E-state index contributed by atoms with van der Waals surface area (Å²) in [5.41, 5.74) is 3.61. The maximum atomic E-state index is 13.1. The average Bonchev–Trinajstić information content (AvgIpc) is 3.24. The lowest BCUT2D eigenvalue weighted by atomic mass is 10.2. The van der Waals surface area contributed by atoms with Crippen LogP contribution in [0, 0.1) is 0 Å². The summed E-state index contributed by atoms with van der Waals surface area (Å²) in [6.45, 7) is 0. The van der Waals surface area contributed by atoms with Crippen LogP contribution in [0.25, 0.3) is 11.3 Å². The number of thioether (sulfide) groups is 1. The summed E-state index contributed by atoms with van der Waals surface area (Å²) >= 11 is 8.95. The smallest absolute Gasteiger partial charge is 0.241 e. The number of para-hydroxylation sites is 2. The van der Waals surface area contributed by atoms with Gasteiger partial charge in [-0.25, -0.2) is 4.98 Å². The Labute approximate surface area is 183 Å². The van der Waals surface area contributed by atoms with Gasteiger partial charge in [-0.15, -0.1) is 11.3 Å². The van der Waals surface area contributed by atoms with Crippen molar-refractivity contribution >= 4 is 52.0 Å². The quantitative estimate of drug-likeness (QED) is 0.307. The predicted molar refractivity (Wildman–Crippen MR) is 123 cm³/mol. The Morgan fingerprint density at radius 1 is 0.897 bits per heavy atom. The van der Waals surface area contributed by atoms with E-state index in [1.807, 2.05) is 90.3 Å². The molecule has 0 aliphatic rings. The molecule has 0 radical (unpaired) electrons. The highest BCUT2D eigenvalue weighted by molar-refractivity contribution is 8.01. The molecule has 0 unspecified atom stereocenters. The Morgan fingerprint density at radius 3 is 2.07 bits per heavy atom. The van der Waals surface area contributed by atoms with E-state index in [1.54, 1.807) is 16.2 Å². The molecule has 0 fully saturated rings. The van der Waals surface area contributed by atoms with Gasteiger partial charge in [0.1, 0.15) is 0 Å². The fraction of sp³-hybridized carbons (Fsp3) is 0.0435. The van der Waals surface area contributed by atoms with Crippen molar-refractivity contribution in [2.45, 2.75) is 4.34 Å². The van der Waals surface area contributed by atoms with E-state index < -0.39 is 0 Å². The molecule has 1 heterocycles. The van der Waals surface area contributed by atoms with Gasteiger partial charge in [0, 0.05) is 27.3 Å². The van der Waals surface area contributed by atoms with E-state index in [2.05, 4.69) is 4.98 Å². The first-order valence-corrected chi connectivity index (χ1v) is 11.2. The van der Waals surface area contributed by atoms with Crippen molar-refractivity contribution in [3.63, 3.8) is 0 Å². The highest BCUT2D eigenvalue weighted by Crippen LogP contribution is 2.31. The number of halogens is 1. The van der Waals surface area contributed by atoms with Gasteiger partial charge in [0.25, 0.3) is 0 Å². The Balaban J connectivity index is 1.49. The number of nitrogens with zero attached hydrogens (tertiary/aromatic N) is 2. The molecule has 3 nitrogen and oxygen atoms in total. The van der Waals surface area contributed by atoms with Gasteiger partial charge in [-0.05, 0) is 36.4 Å². The number of hydrogen-bond acceptors (Lipinski definition) is 4. The van der Waals surface area contributed by atoms with Crippen LogP contribution in [-0.4, -0.2) is 16.6 Å². The van der Waals surface area contributed by atoms with Crippen LogP contribution in [0.4, 0.5) is 11.4 Å². The number of carbonyl (C=O) groups is 1. The normalized spacial score (nSPS) is 10.7. The lowest BCUT2D eigenvalue weighted by Crippen LogP contribution is -2.27. The van der Waals surface area contributed by atoms with E-state index in [-0.39, 0.29) is 5.91 Å². The molecule has 29 heavy (non-hydrogen) atoms. The van der Waals surface area contributed by atoms with E-state index in [1.165, 1.54) is 11.8 Å². The zero-order valence-electron chi connectivity index (χ0n) is 15.4. The van der Waals surface area contributed by atoms with Crippen molar-refractivity contribution in [2.75, 3.05) is 10.7 Å². The number of hydrogen-bond donors (Lipinski definition) is 0. The molecule has 4 rings (SSSR count). The van der Waals surface area contributed by atoms with Gasteiger partial charge < -0.3 is 0 Å². The van der Waals surface area contributed by atoms with E-state index in [0.29, 0.717) is 10.8 Å². The third-order valence-electron chi connectivity index (χ3n) is 4.22. The van der Waals surface area contributed by atoms with Crippen molar-refractivity contribution in [2.24, 2.45) is 0 Å². The molecule has 1 aromatic heterocycles. The van der Waals surface area contributed by atoms with Crippen LogP contribution in [0.1, 0.15) is 0 Å². The zero-order valence-corrected chi connectivity index (χ0v) is 17.8. The summed E-state index contributed by atoms with van der Waals surface area (Å²) in [6, 6.07) is 27.0. The van der Waals surface area contributed by atoms with Crippen LogP contribution in [0.3, 0.4) is 0 Å². The first-order chi connectivity index (χ1) is 14.2. The van der Waals surface area contributed by atoms with Gasteiger partial charge in [0.15, 0.2) is 4.34 Å². The minimum Gasteiger partial charge on any atom is -0.280 e. The minimum absolute atomic E-state index is 0.00985. The van der Waals surface area contributed by atoms with Gasteiger partial charge in [-0.1, -0.05) is 71.9 Å². The monoisotopic (exact) mass is 436 g/mol. The molecule has 0 saturated heterocycles. The number of aromatic nitrogens is 1. The fourth-order valence-corrected chi connectivity index (χ4v) is 4.67. The topological polar surface area (TPSA) is 33.2 Å². The molecule has 0 N–H and O–H groups in total. The second-order valence-electron chi connectivity index (χ2n) is 6.19. The Kier molecular flexibility index (Phi) is 6.30. The van der Waals surface area contributed by atoms with Crippen LogP contribution >= 0.6 is 34.7 Å². The molecule has 3 aromatic carbocycles. The first kappa shape index (κ1) is 19.7. The second kappa shape index (κ2) is 9.27. The van der Waals surface area contributed by atoms with Crippen molar-refractivity contribution in [1.29, 1.82) is 0 Å². The SMILES string of the molecule is O=C(CSc1nc(-c2ccc(Cl)cc2)cs1)N(c1ccccc1)c1ccccc1. The summed E-state index contributed by atoms with van der Waals surface area (Å²) in [5.74, 6) is 0.313. The molecule has 0 bridgehead atoms. The summed E-state index contributed by atoms with van der Waals surface area (Å²) in [7, 11) is 0. The minimum atomic E-state index is 0.00985. The second-order valence-corrected chi connectivity index (χ2v) is 8.71. The highest BCUT2D eigenvalue weighted by atomic mass is 35.5. The van der Waals surface area contributed by atoms with Gasteiger partial charge in [-0.3, -0.25) is 9.69 Å². The van der Waals surface area contributed by atoms with Crippen LogP contribution in [0.15, 0.2) is 94.6 Å². The third-order valence-corrected chi connectivity index (χ3v) is 6.48. The van der Waals surface area contributed by atoms with Crippen molar-refractivity contribution < 1.29 is 4.79 Å². The molecule has 0 aliphatic carbocycles. The van der Waals surface area contributed by atoms with E-state index in [0.717, 1.165) is 27.0 Å². The molecule has 0 atom stereocenters. The van der Waals surface area contributed by atoms with Crippen molar-refractivity contribution in [1.82, 2.24) is 4.98 Å². The van der Waals surface area contributed by atoms with Gasteiger partial charge in [0.05, 0.1) is 11.4 Å². The molecular formula is C23H17ClN2OS2. The predicted octanol–water partition coefficient (Wildman–Crippen LogP) is 6.92. The Hall–Kier alpha value is -2.60. The van der Waals surface area contributed by atoms with E-state index in [9.17, 15) is 4.79 Å². The molecule has 0 aliphatic heterocycles. The maximum Gasteiger partial charge on any atom is 0.241 e. The first-order valence-electron chi connectivity index (χ1n) is 8.98. The maximum absolute atomic E-state index is 13.1. The number of thiazole rings is 1. The fourth-order valence-electron chi connectivity index (χ4n) is 2.86. The van der Waals surface area contributed by atoms with Crippen molar-refractivity contribution in [3.05, 3.63) is 95.3 Å². The molecule has 6 heteroatoms. The Morgan fingerprint density at radius 2 is 1.48 bits per heavy atom.